The maximum Gasteiger partial charge on any atom is 0.260 e. The molecule has 1 N–H and O–H groups in total. The van der Waals surface area contributed by atoms with Gasteiger partial charge in [0.2, 0.25) is 0 Å². The molecule has 0 bridgehead atoms. The number of rotatable bonds is 6. The molecular weight excluding hydrogens is 294 g/mol. The summed E-state index contributed by atoms with van der Waals surface area (Å²) < 4.78 is 6.44. The lowest BCUT2D eigenvalue weighted by atomic mass is 10.1. The summed E-state index contributed by atoms with van der Waals surface area (Å²) in [5.74, 6) is 0.412. The van der Waals surface area contributed by atoms with Gasteiger partial charge in [-0.2, -0.15) is 5.10 Å². The van der Waals surface area contributed by atoms with Gasteiger partial charge in [0.1, 0.15) is 12.3 Å². The van der Waals surface area contributed by atoms with Crippen molar-refractivity contribution in [3.8, 4) is 5.75 Å². The lowest BCUT2D eigenvalue weighted by molar-refractivity contribution is -0.121. The van der Waals surface area contributed by atoms with Crippen molar-refractivity contribution in [1.29, 1.82) is 0 Å². The predicted molar refractivity (Wildman–Crippen MR) is 88.7 cm³/mol. The van der Waals surface area contributed by atoms with E-state index in [0.29, 0.717) is 6.42 Å². The number of benzene rings is 1. The zero-order valence-electron chi connectivity index (χ0n) is 13.2. The maximum absolute atomic E-state index is 11.9. The van der Waals surface area contributed by atoms with Gasteiger partial charge in [0.15, 0.2) is 0 Å². The van der Waals surface area contributed by atoms with E-state index in [1.165, 1.54) is 10.6 Å². The maximum atomic E-state index is 11.9. The SMILES string of the molecule is CC/C(=N/NC(=O)Cn1ccccc1=O)c1ccc(OC)cc1. The second-order valence-electron chi connectivity index (χ2n) is 4.84. The van der Waals surface area contributed by atoms with Gasteiger partial charge in [0, 0.05) is 12.3 Å². The molecule has 0 spiro atoms. The summed E-state index contributed by atoms with van der Waals surface area (Å²) >= 11 is 0. The number of nitrogens with zero attached hydrogens (tertiary/aromatic N) is 2. The summed E-state index contributed by atoms with van der Waals surface area (Å²) in [7, 11) is 1.61. The van der Waals surface area contributed by atoms with Crippen molar-refractivity contribution in [2.75, 3.05) is 7.11 Å². The number of hydrogen-bond donors (Lipinski definition) is 1. The Hall–Kier alpha value is -2.89. The molecule has 0 aliphatic heterocycles. The molecule has 1 aromatic heterocycles. The number of hydrazone groups is 1. The van der Waals surface area contributed by atoms with Crippen LogP contribution in [0.2, 0.25) is 0 Å². The second kappa shape index (κ2) is 7.93. The van der Waals surface area contributed by atoms with Gasteiger partial charge in [-0.1, -0.05) is 13.0 Å². The molecule has 120 valence electrons. The van der Waals surface area contributed by atoms with Gasteiger partial charge in [-0.3, -0.25) is 9.59 Å². The molecule has 0 saturated carbocycles. The molecule has 23 heavy (non-hydrogen) atoms. The molecule has 0 aliphatic rings. The first kappa shape index (κ1) is 16.5. The molecule has 0 unspecified atom stereocenters. The van der Waals surface area contributed by atoms with Crippen LogP contribution in [0, 0.1) is 0 Å². The minimum Gasteiger partial charge on any atom is -0.497 e. The molecule has 0 aliphatic carbocycles. The molecule has 1 amide bonds. The van der Waals surface area contributed by atoms with Crippen molar-refractivity contribution in [3.63, 3.8) is 0 Å². The largest absolute Gasteiger partial charge is 0.497 e. The third-order valence-electron chi connectivity index (χ3n) is 3.29. The summed E-state index contributed by atoms with van der Waals surface area (Å²) in [6.07, 6.45) is 2.23. The van der Waals surface area contributed by atoms with Crippen LogP contribution in [0.4, 0.5) is 0 Å². The van der Waals surface area contributed by atoms with Crippen LogP contribution in [-0.4, -0.2) is 23.3 Å². The zero-order chi connectivity index (χ0) is 16.7. The molecule has 1 aromatic carbocycles. The van der Waals surface area contributed by atoms with Crippen LogP contribution in [0.5, 0.6) is 5.75 Å². The lowest BCUT2D eigenvalue weighted by Gasteiger charge is -2.07. The Kier molecular flexibility index (Phi) is 5.68. The van der Waals surface area contributed by atoms with E-state index in [1.807, 2.05) is 31.2 Å². The minimum atomic E-state index is -0.349. The first-order valence-electron chi connectivity index (χ1n) is 7.29. The van der Waals surface area contributed by atoms with Gasteiger partial charge in [0.05, 0.1) is 12.8 Å². The van der Waals surface area contributed by atoms with Crippen molar-refractivity contribution < 1.29 is 9.53 Å². The van der Waals surface area contributed by atoms with Crippen molar-refractivity contribution >= 4 is 11.6 Å². The van der Waals surface area contributed by atoms with Crippen LogP contribution in [0.15, 0.2) is 58.6 Å². The van der Waals surface area contributed by atoms with Crippen LogP contribution in [0.3, 0.4) is 0 Å². The fraction of sp³-hybridized carbons (Fsp3) is 0.235. The molecule has 6 nitrogen and oxygen atoms in total. The Labute approximate surface area is 134 Å². The Balaban J connectivity index is 2.05. The van der Waals surface area contributed by atoms with Crippen molar-refractivity contribution in [3.05, 3.63) is 64.6 Å². The number of amides is 1. The summed E-state index contributed by atoms with van der Waals surface area (Å²) in [5.41, 5.74) is 3.93. The van der Waals surface area contributed by atoms with E-state index in [9.17, 15) is 9.59 Å². The number of aromatic nitrogens is 1. The number of hydrogen-bond acceptors (Lipinski definition) is 4. The highest BCUT2D eigenvalue weighted by atomic mass is 16.5. The number of carbonyl (C=O) groups is 1. The molecule has 6 heteroatoms. The second-order valence-corrected chi connectivity index (χ2v) is 4.84. The van der Waals surface area contributed by atoms with E-state index < -0.39 is 0 Å². The Bertz CT molecular complexity index is 748. The van der Waals surface area contributed by atoms with Crippen molar-refractivity contribution in [2.24, 2.45) is 5.10 Å². The van der Waals surface area contributed by atoms with Gasteiger partial charge in [-0.25, -0.2) is 5.43 Å². The first-order valence-corrected chi connectivity index (χ1v) is 7.29. The molecule has 0 radical (unpaired) electrons. The molecule has 0 atom stereocenters. The Morgan fingerprint density at radius 3 is 2.57 bits per heavy atom. The predicted octanol–water partition coefficient (Wildman–Crippen LogP) is 1.79. The van der Waals surface area contributed by atoms with E-state index in [2.05, 4.69) is 10.5 Å². The Morgan fingerprint density at radius 1 is 1.22 bits per heavy atom. The summed E-state index contributed by atoms with van der Waals surface area (Å²) in [6.45, 7) is 1.89. The molecule has 0 fully saturated rings. The van der Waals surface area contributed by atoms with Gasteiger partial charge in [-0.05, 0) is 42.3 Å². The molecule has 2 rings (SSSR count). The zero-order valence-corrected chi connectivity index (χ0v) is 13.2. The minimum absolute atomic E-state index is 0.0667. The molecule has 2 aromatic rings. The highest BCUT2D eigenvalue weighted by Gasteiger charge is 2.05. The molecule has 0 saturated heterocycles. The summed E-state index contributed by atoms with van der Waals surface area (Å²) in [6, 6.07) is 12.2. The van der Waals surface area contributed by atoms with Gasteiger partial charge < -0.3 is 9.30 Å². The van der Waals surface area contributed by atoms with Gasteiger partial charge >= 0.3 is 0 Å². The van der Waals surface area contributed by atoms with Crippen LogP contribution in [0.1, 0.15) is 18.9 Å². The average molecular weight is 313 g/mol. The number of ether oxygens (including phenoxy) is 1. The Morgan fingerprint density at radius 2 is 1.96 bits per heavy atom. The topological polar surface area (TPSA) is 72.7 Å². The van der Waals surface area contributed by atoms with Gasteiger partial charge in [0.25, 0.3) is 11.5 Å². The quantitative estimate of drug-likeness (QED) is 0.653. The monoisotopic (exact) mass is 313 g/mol. The van der Waals surface area contributed by atoms with E-state index in [4.69, 9.17) is 4.74 Å². The van der Waals surface area contributed by atoms with Crippen LogP contribution >= 0.6 is 0 Å². The van der Waals surface area contributed by atoms with Crippen LogP contribution in [0.25, 0.3) is 0 Å². The fourth-order valence-electron chi connectivity index (χ4n) is 2.04. The molecule has 1 heterocycles. The summed E-state index contributed by atoms with van der Waals surface area (Å²) in [5, 5.41) is 4.15. The van der Waals surface area contributed by atoms with E-state index in [0.717, 1.165) is 17.0 Å². The first-order chi connectivity index (χ1) is 11.1. The van der Waals surface area contributed by atoms with Crippen molar-refractivity contribution in [2.45, 2.75) is 19.9 Å². The normalized spacial score (nSPS) is 11.1. The number of nitrogens with one attached hydrogen (secondary N) is 1. The average Bonchev–Trinajstić information content (AvgIpc) is 2.58. The fourth-order valence-corrected chi connectivity index (χ4v) is 2.04. The van der Waals surface area contributed by atoms with Crippen LogP contribution in [-0.2, 0) is 11.3 Å². The number of methoxy groups -OCH3 is 1. The van der Waals surface area contributed by atoms with E-state index in [1.54, 1.807) is 25.4 Å². The van der Waals surface area contributed by atoms with Crippen LogP contribution < -0.4 is 15.7 Å². The number of pyridine rings is 1. The summed E-state index contributed by atoms with van der Waals surface area (Å²) in [4.78, 5) is 23.5. The van der Waals surface area contributed by atoms with Gasteiger partial charge in [-0.15, -0.1) is 0 Å². The van der Waals surface area contributed by atoms with E-state index >= 15 is 0 Å². The highest BCUT2D eigenvalue weighted by molar-refractivity contribution is 6.00. The lowest BCUT2D eigenvalue weighted by Crippen LogP contribution is -2.29. The third-order valence-corrected chi connectivity index (χ3v) is 3.29. The van der Waals surface area contributed by atoms with Crippen molar-refractivity contribution in [1.82, 2.24) is 9.99 Å². The third kappa shape index (κ3) is 4.54. The molecular formula is C17H19N3O3. The highest BCUT2D eigenvalue weighted by Crippen LogP contribution is 2.13. The standard InChI is InChI=1S/C17H19N3O3/c1-3-15(13-7-9-14(23-2)10-8-13)18-19-16(21)12-20-11-5-4-6-17(20)22/h4-11H,3,12H2,1-2H3,(H,19,21)/b18-15-. The smallest absolute Gasteiger partial charge is 0.260 e. The van der Waals surface area contributed by atoms with E-state index in [-0.39, 0.29) is 18.0 Å². The number of carbonyl (C=O) groups excluding carboxylic acids is 1.